The summed E-state index contributed by atoms with van der Waals surface area (Å²) in [5, 5.41) is 5.22. The van der Waals surface area contributed by atoms with Crippen molar-refractivity contribution in [3.8, 4) is 0 Å². The van der Waals surface area contributed by atoms with Crippen LogP contribution in [0.3, 0.4) is 0 Å². The molecule has 0 radical (unpaired) electrons. The molecule has 1 aliphatic heterocycles. The number of aromatic nitrogens is 1. The van der Waals surface area contributed by atoms with Gasteiger partial charge in [-0.25, -0.2) is 0 Å². The van der Waals surface area contributed by atoms with E-state index in [4.69, 9.17) is 0 Å². The predicted octanol–water partition coefficient (Wildman–Crippen LogP) is 6.90. The van der Waals surface area contributed by atoms with Crippen molar-refractivity contribution in [1.82, 2.24) is 10.3 Å². The van der Waals surface area contributed by atoms with Gasteiger partial charge in [-0.2, -0.15) is 0 Å². The van der Waals surface area contributed by atoms with Gasteiger partial charge in [0.1, 0.15) is 0 Å². The largest absolute Gasteiger partial charge is 0.323 e. The van der Waals surface area contributed by atoms with Crippen LogP contribution in [-0.4, -0.2) is 38.1 Å². The minimum atomic E-state index is 0.876. The van der Waals surface area contributed by atoms with Gasteiger partial charge in [-0.05, 0) is 76.9 Å². The Bertz CT molecular complexity index is 972. The number of rotatable bonds is 3. The molecular formula is C28H40N4. The Hall–Kier alpha value is -3.11. The first-order valence-electron chi connectivity index (χ1n) is 10.8. The topological polar surface area (TPSA) is 49.6 Å². The molecule has 32 heavy (non-hydrogen) atoms. The van der Waals surface area contributed by atoms with Gasteiger partial charge in [-0.1, -0.05) is 48.6 Å². The Morgan fingerprint density at radius 2 is 1.75 bits per heavy atom. The molecule has 4 nitrogen and oxygen atoms in total. The second-order valence-corrected chi connectivity index (χ2v) is 7.21. The summed E-state index contributed by atoms with van der Waals surface area (Å²) in [7, 11) is 5.53. The Morgan fingerprint density at radius 3 is 2.25 bits per heavy atom. The highest BCUT2D eigenvalue weighted by molar-refractivity contribution is 6.04. The zero-order chi connectivity index (χ0) is 24.4. The standard InChI is InChI=1S/C12H16N2.C10H9N.C4H8.C2H7N/c1-5-10(7-13-4)11-6-12(9(2)3)14-8-11;1-8-2-3-10-7-11-5-4-9(10)6-8;1-3-4-2;1-3-2/h5,7-8H,2,6H2,1,3-4H3;2-7H,1H3;3-4H,1-2H3;3H,1-2H3/b10-5+,13-7?;;4-3-;. The van der Waals surface area contributed by atoms with Gasteiger partial charge < -0.3 is 5.32 Å². The molecule has 0 spiro atoms. The number of nitrogens with zero attached hydrogens (tertiary/aromatic N) is 3. The van der Waals surface area contributed by atoms with Gasteiger partial charge in [0.15, 0.2) is 0 Å². The molecule has 1 aromatic heterocycles. The van der Waals surface area contributed by atoms with E-state index in [9.17, 15) is 0 Å². The van der Waals surface area contributed by atoms with Crippen molar-refractivity contribution in [1.29, 1.82) is 0 Å². The molecule has 0 bridgehead atoms. The van der Waals surface area contributed by atoms with Crippen molar-refractivity contribution in [2.24, 2.45) is 9.98 Å². The summed E-state index contributed by atoms with van der Waals surface area (Å²) in [6.45, 7) is 14.0. The quantitative estimate of drug-likeness (QED) is 0.423. The van der Waals surface area contributed by atoms with E-state index in [0.29, 0.717) is 0 Å². The Morgan fingerprint density at radius 1 is 1.09 bits per heavy atom. The molecule has 1 aliphatic rings. The van der Waals surface area contributed by atoms with Gasteiger partial charge in [-0.15, -0.1) is 0 Å². The summed E-state index contributed by atoms with van der Waals surface area (Å²) in [5.74, 6) is 0. The summed E-state index contributed by atoms with van der Waals surface area (Å²) in [6, 6.07) is 8.39. The third kappa shape index (κ3) is 11.3. The number of aryl methyl sites for hydroxylation is 1. The van der Waals surface area contributed by atoms with Crippen LogP contribution in [0.1, 0.15) is 39.7 Å². The normalized spacial score (nSPS) is 12.8. The zero-order valence-electron chi connectivity index (χ0n) is 21.1. The molecule has 2 heterocycles. The van der Waals surface area contributed by atoms with Gasteiger partial charge in [-0.3, -0.25) is 15.0 Å². The molecular weight excluding hydrogens is 392 g/mol. The molecule has 1 N–H and O–H groups in total. The van der Waals surface area contributed by atoms with Crippen molar-refractivity contribution < 1.29 is 0 Å². The second kappa shape index (κ2) is 17.6. The summed E-state index contributed by atoms with van der Waals surface area (Å²) in [6.07, 6.45) is 14.4. The van der Waals surface area contributed by atoms with Crippen LogP contribution in [0.15, 0.2) is 94.4 Å². The minimum Gasteiger partial charge on any atom is -0.323 e. The fourth-order valence-electron chi connectivity index (χ4n) is 2.55. The van der Waals surface area contributed by atoms with E-state index in [2.05, 4.69) is 58.1 Å². The van der Waals surface area contributed by atoms with Crippen LogP contribution < -0.4 is 5.32 Å². The lowest BCUT2D eigenvalue weighted by Gasteiger charge is -2.02. The van der Waals surface area contributed by atoms with E-state index < -0.39 is 0 Å². The number of nitrogens with one attached hydrogen (secondary N) is 1. The molecule has 172 valence electrons. The Kier molecular flexibility index (Phi) is 15.9. The maximum absolute atomic E-state index is 4.32. The van der Waals surface area contributed by atoms with Crippen LogP contribution in [0.2, 0.25) is 0 Å². The molecule has 3 rings (SSSR count). The number of hydrogen-bond acceptors (Lipinski definition) is 4. The minimum absolute atomic E-state index is 0.876. The van der Waals surface area contributed by atoms with Gasteiger partial charge in [0.05, 0.1) is 0 Å². The second-order valence-electron chi connectivity index (χ2n) is 7.21. The number of aliphatic imine (C=N–C) groups is 2. The smallest absolute Gasteiger partial charge is 0.0471 e. The highest BCUT2D eigenvalue weighted by Gasteiger charge is 2.12. The first kappa shape index (κ1) is 28.9. The van der Waals surface area contributed by atoms with Crippen LogP contribution in [0.5, 0.6) is 0 Å². The van der Waals surface area contributed by atoms with Gasteiger partial charge in [0.2, 0.25) is 0 Å². The fraction of sp³-hybridized carbons (Fsp3) is 0.321. The van der Waals surface area contributed by atoms with Crippen molar-refractivity contribution in [2.45, 2.75) is 41.0 Å². The molecule has 0 saturated heterocycles. The molecule has 0 unspecified atom stereocenters. The van der Waals surface area contributed by atoms with Crippen LogP contribution in [-0.2, 0) is 0 Å². The molecule has 0 amide bonds. The number of allylic oxidation sites excluding steroid dienone is 6. The lowest BCUT2D eigenvalue weighted by molar-refractivity contribution is 1.02. The number of pyridine rings is 1. The maximum atomic E-state index is 4.32. The van der Waals surface area contributed by atoms with E-state index >= 15 is 0 Å². The van der Waals surface area contributed by atoms with E-state index in [1.54, 1.807) is 7.05 Å². The molecule has 0 aliphatic carbocycles. The molecule has 0 fully saturated rings. The van der Waals surface area contributed by atoms with Crippen LogP contribution in [0.25, 0.3) is 10.8 Å². The lowest BCUT2D eigenvalue weighted by Crippen LogP contribution is -1.98. The molecule has 1 aromatic carbocycles. The van der Waals surface area contributed by atoms with E-state index in [1.165, 1.54) is 21.9 Å². The summed E-state index contributed by atoms with van der Waals surface area (Å²) in [4.78, 5) is 12.4. The Labute approximate surface area is 195 Å². The average Bonchev–Trinajstić information content (AvgIpc) is 3.29. The first-order valence-corrected chi connectivity index (χ1v) is 10.8. The first-order chi connectivity index (χ1) is 15.4. The lowest BCUT2D eigenvalue weighted by atomic mass is 10.0. The summed E-state index contributed by atoms with van der Waals surface area (Å²) >= 11 is 0. The third-order valence-electron chi connectivity index (χ3n) is 4.31. The molecule has 0 atom stereocenters. The predicted molar refractivity (Wildman–Crippen MR) is 145 cm³/mol. The van der Waals surface area contributed by atoms with E-state index in [1.807, 2.05) is 84.8 Å². The van der Waals surface area contributed by atoms with Gasteiger partial charge in [0.25, 0.3) is 0 Å². The number of fused-ring (bicyclic) bond motifs is 1. The zero-order valence-corrected chi connectivity index (χ0v) is 21.1. The summed E-state index contributed by atoms with van der Waals surface area (Å²) < 4.78 is 0. The van der Waals surface area contributed by atoms with Crippen molar-refractivity contribution in [3.63, 3.8) is 0 Å². The maximum Gasteiger partial charge on any atom is 0.0471 e. The van der Waals surface area contributed by atoms with Crippen LogP contribution in [0, 0.1) is 6.92 Å². The van der Waals surface area contributed by atoms with Crippen molar-refractivity contribution in [3.05, 3.63) is 89.9 Å². The monoisotopic (exact) mass is 432 g/mol. The fourth-order valence-corrected chi connectivity index (χ4v) is 2.55. The average molecular weight is 433 g/mol. The van der Waals surface area contributed by atoms with Crippen LogP contribution in [0.4, 0.5) is 0 Å². The van der Waals surface area contributed by atoms with E-state index in [0.717, 1.165) is 23.3 Å². The summed E-state index contributed by atoms with van der Waals surface area (Å²) in [5.41, 5.74) is 5.77. The number of hydrogen-bond donors (Lipinski definition) is 1. The highest BCUT2D eigenvalue weighted by Crippen LogP contribution is 2.21. The molecule has 4 heteroatoms. The third-order valence-corrected chi connectivity index (χ3v) is 4.31. The SMILES string of the molecule is C/C=C\C.C=C(C)C1=NC=C(/C(C=NC)=C/C)C1.CNC.Cc1ccc2cnccc2c1. The number of benzene rings is 1. The van der Waals surface area contributed by atoms with E-state index in [-0.39, 0.29) is 0 Å². The molecule has 0 saturated carbocycles. The molecule has 2 aromatic rings. The van der Waals surface area contributed by atoms with Crippen LogP contribution >= 0.6 is 0 Å². The van der Waals surface area contributed by atoms with Gasteiger partial charge in [0, 0.05) is 49.4 Å². The Balaban J connectivity index is 0.000000473. The van der Waals surface area contributed by atoms with Gasteiger partial charge >= 0.3 is 0 Å². The van der Waals surface area contributed by atoms with Crippen molar-refractivity contribution >= 4 is 22.7 Å². The van der Waals surface area contributed by atoms with Crippen molar-refractivity contribution in [2.75, 3.05) is 21.1 Å². The highest BCUT2D eigenvalue weighted by atomic mass is 14.7.